The largest absolute Gasteiger partial charge is 0.341 e. The summed E-state index contributed by atoms with van der Waals surface area (Å²) < 4.78 is 13.0. The van der Waals surface area contributed by atoms with E-state index in [2.05, 4.69) is 44.2 Å². The molecule has 0 unspecified atom stereocenters. The number of fused-ring (bicyclic) bond motifs is 2. The fourth-order valence-corrected chi connectivity index (χ4v) is 5.93. The van der Waals surface area contributed by atoms with E-state index in [0.29, 0.717) is 23.7 Å². The first kappa shape index (κ1) is 16.2. The van der Waals surface area contributed by atoms with Crippen molar-refractivity contribution in [2.75, 3.05) is 0 Å². The van der Waals surface area contributed by atoms with E-state index in [9.17, 15) is 0 Å². The second kappa shape index (κ2) is 5.53. The Morgan fingerprint density at radius 1 is 0.960 bits per heavy atom. The normalized spacial score (nSPS) is 51.6. The van der Waals surface area contributed by atoms with E-state index in [-0.39, 0.29) is 12.4 Å². The maximum Gasteiger partial charge on any atom is 0.201 e. The predicted molar refractivity (Wildman–Crippen MR) is 92.2 cm³/mol. The molecule has 2 bridgehead atoms. The Balaban J connectivity index is 1.59. The van der Waals surface area contributed by atoms with Gasteiger partial charge in [-0.15, -0.1) is 0 Å². The molecule has 136 valence electrons. The van der Waals surface area contributed by atoms with Crippen molar-refractivity contribution in [3.8, 4) is 0 Å². The van der Waals surface area contributed by atoms with Crippen LogP contribution in [-0.4, -0.2) is 17.7 Å². The van der Waals surface area contributed by atoms with Gasteiger partial charge in [-0.3, -0.25) is 0 Å². The average Bonchev–Trinajstić information content (AvgIpc) is 2.85. The lowest BCUT2D eigenvalue weighted by Crippen LogP contribution is -2.69. The van der Waals surface area contributed by atoms with Crippen LogP contribution in [0.15, 0.2) is 30.3 Å². The van der Waals surface area contributed by atoms with Crippen molar-refractivity contribution in [3.63, 3.8) is 0 Å². The van der Waals surface area contributed by atoms with E-state index >= 15 is 0 Å². The van der Waals surface area contributed by atoms with Gasteiger partial charge >= 0.3 is 0 Å². The summed E-state index contributed by atoms with van der Waals surface area (Å²) in [4.78, 5) is 12.1. The standard InChI is InChI=1S/C21H28O4/c1-13-9-10-17-14(2)18(15-7-5-4-6-8-15)22-19-21(17)16(13)11-12-20(3,23-19)24-25-21/h4-8,13-14,16-19H,9-12H2,1-3H3/t13-,14-,16+,17+,18+,19-,20+,21-/m1/s1. The maximum atomic E-state index is 6.62. The SMILES string of the molecule is C[C@H]1[C@@H](c2ccccc2)O[C@@H]2O[C@]3(C)CC[C@H]4[C@H](C)CC[C@@H]1[C@@]24OO3. The van der Waals surface area contributed by atoms with Gasteiger partial charge in [-0.05, 0) is 49.5 Å². The summed E-state index contributed by atoms with van der Waals surface area (Å²) in [6.07, 6.45) is 4.02. The first-order valence-electron chi connectivity index (χ1n) is 9.78. The van der Waals surface area contributed by atoms with Crippen LogP contribution in [0.3, 0.4) is 0 Å². The summed E-state index contributed by atoms with van der Waals surface area (Å²) in [5.74, 6) is 1.10. The molecule has 0 amide bonds. The Hall–Kier alpha value is -0.940. The highest BCUT2D eigenvalue weighted by atomic mass is 17.3. The van der Waals surface area contributed by atoms with Crippen LogP contribution in [0.4, 0.5) is 0 Å². The van der Waals surface area contributed by atoms with Gasteiger partial charge in [-0.2, -0.15) is 0 Å². The lowest BCUT2D eigenvalue weighted by atomic mass is 9.57. The van der Waals surface area contributed by atoms with Crippen molar-refractivity contribution in [1.29, 1.82) is 0 Å². The zero-order chi connectivity index (χ0) is 17.2. The molecule has 4 saturated heterocycles. The van der Waals surface area contributed by atoms with E-state index in [0.717, 1.165) is 19.3 Å². The van der Waals surface area contributed by atoms with E-state index < -0.39 is 11.4 Å². The fourth-order valence-electron chi connectivity index (χ4n) is 5.93. The molecule has 6 rings (SSSR count). The quantitative estimate of drug-likeness (QED) is 0.697. The monoisotopic (exact) mass is 344 g/mol. The van der Waals surface area contributed by atoms with Gasteiger partial charge in [0.1, 0.15) is 0 Å². The van der Waals surface area contributed by atoms with Crippen molar-refractivity contribution in [2.24, 2.45) is 23.7 Å². The summed E-state index contributed by atoms with van der Waals surface area (Å²) in [6, 6.07) is 10.6. The second-order valence-electron chi connectivity index (χ2n) is 8.74. The minimum atomic E-state index is -0.695. The highest BCUT2D eigenvalue weighted by Gasteiger charge is 2.69. The summed E-state index contributed by atoms with van der Waals surface area (Å²) in [6.45, 7) is 6.64. The molecule has 4 aliphatic heterocycles. The number of hydrogen-bond acceptors (Lipinski definition) is 4. The Morgan fingerprint density at radius 3 is 2.56 bits per heavy atom. The molecule has 1 aromatic rings. The molecule has 5 fully saturated rings. The highest BCUT2D eigenvalue weighted by Crippen LogP contribution is 2.62. The first-order valence-corrected chi connectivity index (χ1v) is 9.78. The van der Waals surface area contributed by atoms with Gasteiger partial charge in [0.05, 0.1) is 6.10 Å². The molecular weight excluding hydrogens is 316 g/mol. The van der Waals surface area contributed by atoms with E-state index in [4.69, 9.17) is 19.2 Å². The van der Waals surface area contributed by atoms with Crippen LogP contribution in [0.1, 0.15) is 58.1 Å². The molecule has 0 radical (unpaired) electrons. The van der Waals surface area contributed by atoms with Gasteiger partial charge in [-0.1, -0.05) is 44.2 Å². The van der Waals surface area contributed by atoms with Crippen molar-refractivity contribution < 1.29 is 19.2 Å². The average molecular weight is 344 g/mol. The van der Waals surface area contributed by atoms with Crippen molar-refractivity contribution in [1.82, 2.24) is 0 Å². The van der Waals surface area contributed by atoms with Crippen LogP contribution in [0.25, 0.3) is 0 Å². The third-order valence-corrected chi connectivity index (χ3v) is 7.29. The number of benzene rings is 1. The molecule has 5 aliphatic rings. The van der Waals surface area contributed by atoms with E-state index in [1.165, 1.54) is 12.0 Å². The number of rotatable bonds is 1. The van der Waals surface area contributed by atoms with Crippen LogP contribution >= 0.6 is 0 Å². The summed E-state index contributed by atoms with van der Waals surface area (Å²) >= 11 is 0. The molecule has 1 spiro atoms. The lowest BCUT2D eigenvalue weighted by Gasteiger charge is -2.60. The van der Waals surface area contributed by atoms with Crippen molar-refractivity contribution >= 4 is 0 Å². The molecule has 1 aliphatic carbocycles. The van der Waals surface area contributed by atoms with Gasteiger partial charge < -0.3 is 9.47 Å². The molecule has 4 nitrogen and oxygen atoms in total. The Morgan fingerprint density at radius 2 is 1.76 bits per heavy atom. The van der Waals surface area contributed by atoms with Gasteiger partial charge in [0.15, 0.2) is 11.9 Å². The molecule has 8 atom stereocenters. The smallest absolute Gasteiger partial charge is 0.201 e. The second-order valence-corrected chi connectivity index (χ2v) is 8.74. The Bertz CT molecular complexity index is 649. The zero-order valence-electron chi connectivity index (χ0n) is 15.3. The molecule has 0 aromatic heterocycles. The van der Waals surface area contributed by atoms with Crippen LogP contribution in [0.5, 0.6) is 0 Å². The zero-order valence-corrected chi connectivity index (χ0v) is 15.3. The topological polar surface area (TPSA) is 36.9 Å². The van der Waals surface area contributed by atoms with Crippen LogP contribution in [0, 0.1) is 23.7 Å². The molecule has 1 aromatic carbocycles. The minimum Gasteiger partial charge on any atom is -0.341 e. The third-order valence-electron chi connectivity index (χ3n) is 7.29. The van der Waals surface area contributed by atoms with Gasteiger partial charge in [-0.25, -0.2) is 9.78 Å². The molecule has 0 N–H and O–H groups in total. The van der Waals surface area contributed by atoms with Gasteiger partial charge in [0.2, 0.25) is 5.79 Å². The lowest BCUT2D eigenvalue weighted by molar-refractivity contribution is -0.571. The molecular formula is C21H28O4. The third kappa shape index (κ3) is 2.21. The fraction of sp³-hybridized carbons (Fsp3) is 0.714. The molecule has 4 heteroatoms. The van der Waals surface area contributed by atoms with E-state index in [1.54, 1.807) is 0 Å². The van der Waals surface area contributed by atoms with Gasteiger partial charge in [0, 0.05) is 12.3 Å². The Kier molecular flexibility index (Phi) is 3.59. The highest BCUT2D eigenvalue weighted by molar-refractivity contribution is 5.21. The Labute approximate surface area is 149 Å². The number of ether oxygens (including phenoxy) is 2. The van der Waals surface area contributed by atoms with Gasteiger partial charge in [0.25, 0.3) is 0 Å². The minimum absolute atomic E-state index is 0.0439. The van der Waals surface area contributed by atoms with Crippen molar-refractivity contribution in [2.45, 2.75) is 70.2 Å². The molecule has 4 heterocycles. The summed E-state index contributed by atoms with van der Waals surface area (Å²) in [7, 11) is 0. The van der Waals surface area contributed by atoms with Crippen LogP contribution in [-0.2, 0) is 19.2 Å². The number of hydrogen-bond donors (Lipinski definition) is 0. The summed E-state index contributed by atoms with van der Waals surface area (Å²) in [5, 5.41) is 0. The maximum absolute atomic E-state index is 6.62. The predicted octanol–water partition coefficient (Wildman–Crippen LogP) is 4.61. The van der Waals surface area contributed by atoms with E-state index in [1.807, 2.05) is 6.92 Å². The van der Waals surface area contributed by atoms with Crippen LogP contribution in [0.2, 0.25) is 0 Å². The molecule has 1 saturated carbocycles. The first-order chi connectivity index (χ1) is 12.0. The summed E-state index contributed by atoms with van der Waals surface area (Å²) in [5.41, 5.74) is 0.771. The molecule has 25 heavy (non-hydrogen) atoms. The van der Waals surface area contributed by atoms with Crippen LogP contribution < -0.4 is 0 Å². The van der Waals surface area contributed by atoms with Crippen molar-refractivity contribution in [3.05, 3.63) is 35.9 Å².